The number of hydrogen-bond acceptors (Lipinski definition) is 3. The third kappa shape index (κ3) is 3.38. The monoisotopic (exact) mass is 371 g/mol. The third-order valence-electron chi connectivity index (χ3n) is 2.78. The van der Waals surface area contributed by atoms with Crippen LogP contribution in [0.1, 0.15) is 0 Å². The van der Waals surface area contributed by atoms with Crippen LogP contribution >= 0.6 is 15.9 Å². The van der Waals surface area contributed by atoms with Gasteiger partial charge < -0.3 is 4.74 Å². The number of nitrogens with zero attached hydrogens (tertiary/aromatic N) is 3. The Hall–Kier alpha value is -2.09. The SMILES string of the molecule is FC(F)(F)COc1cc(Br)cc(-n2nc3ccccc3n2)c1. The van der Waals surface area contributed by atoms with E-state index < -0.39 is 12.8 Å². The molecule has 0 fully saturated rings. The number of rotatable bonds is 3. The second-order valence-electron chi connectivity index (χ2n) is 4.53. The number of aromatic nitrogens is 3. The highest BCUT2D eigenvalue weighted by atomic mass is 79.9. The van der Waals surface area contributed by atoms with E-state index in [9.17, 15) is 13.2 Å². The molecule has 0 amide bonds. The van der Waals surface area contributed by atoms with E-state index in [0.29, 0.717) is 21.2 Å². The van der Waals surface area contributed by atoms with Crippen molar-refractivity contribution in [1.82, 2.24) is 15.0 Å². The first kappa shape index (κ1) is 14.8. The molecule has 0 saturated heterocycles. The van der Waals surface area contributed by atoms with Gasteiger partial charge in [-0.3, -0.25) is 0 Å². The van der Waals surface area contributed by atoms with Crippen LogP contribution in [0.15, 0.2) is 46.9 Å². The highest BCUT2D eigenvalue weighted by Crippen LogP contribution is 2.26. The molecule has 0 aliphatic carbocycles. The Kier molecular flexibility index (Phi) is 3.78. The zero-order valence-corrected chi connectivity index (χ0v) is 12.6. The molecule has 8 heteroatoms. The van der Waals surface area contributed by atoms with Gasteiger partial charge in [0.2, 0.25) is 0 Å². The van der Waals surface area contributed by atoms with E-state index in [4.69, 9.17) is 4.74 Å². The Bertz CT molecular complexity index is 783. The standard InChI is InChI=1S/C14H9BrF3N3O/c15-9-5-10(7-11(6-9)22-8-14(16,17)18)21-19-12-3-1-2-4-13(12)20-21/h1-7H,8H2. The fourth-order valence-corrected chi connectivity index (χ4v) is 2.35. The van der Waals surface area contributed by atoms with Crippen molar-refractivity contribution in [3.63, 3.8) is 0 Å². The molecule has 0 unspecified atom stereocenters. The van der Waals surface area contributed by atoms with Crippen LogP contribution in [-0.2, 0) is 0 Å². The van der Waals surface area contributed by atoms with Crippen LogP contribution < -0.4 is 4.74 Å². The average Bonchev–Trinajstić information content (AvgIpc) is 2.88. The Balaban J connectivity index is 1.94. The van der Waals surface area contributed by atoms with Gasteiger partial charge in [0, 0.05) is 10.5 Å². The molecule has 0 radical (unpaired) electrons. The molecule has 0 bridgehead atoms. The summed E-state index contributed by atoms with van der Waals surface area (Å²) in [5.41, 5.74) is 1.89. The zero-order valence-electron chi connectivity index (χ0n) is 11.0. The zero-order chi connectivity index (χ0) is 15.7. The van der Waals surface area contributed by atoms with Crippen LogP contribution in [0.4, 0.5) is 13.2 Å². The van der Waals surface area contributed by atoms with Gasteiger partial charge in [0.15, 0.2) is 6.61 Å². The van der Waals surface area contributed by atoms with Crippen molar-refractivity contribution in [2.45, 2.75) is 6.18 Å². The quantitative estimate of drug-likeness (QED) is 0.694. The smallest absolute Gasteiger partial charge is 0.422 e. The Labute approximate surface area is 131 Å². The molecule has 0 saturated carbocycles. The van der Waals surface area contributed by atoms with Gasteiger partial charge in [-0.05, 0) is 24.3 Å². The van der Waals surface area contributed by atoms with Crippen molar-refractivity contribution in [2.24, 2.45) is 0 Å². The topological polar surface area (TPSA) is 39.9 Å². The van der Waals surface area contributed by atoms with E-state index in [1.165, 1.54) is 16.9 Å². The molecule has 3 aromatic rings. The summed E-state index contributed by atoms with van der Waals surface area (Å²) in [6.07, 6.45) is -4.39. The van der Waals surface area contributed by atoms with Crippen LogP contribution in [0.25, 0.3) is 16.7 Å². The lowest BCUT2D eigenvalue weighted by molar-refractivity contribution is -0.153. The largest absolute Gasteiger partial charge is 0.484 e. The van der Waals surface area contributed by atoms with E-state index in [1.54, 1.807) is 18.2 Å². The van der Waals surface area contributed by atoms with E-state index in [-0.39, 0.29) is 5.75 Å². The van der Waals surface area contributed by atoms with Crippen LogP contribution in [0.5, 0.6) is 5.75 Å². The van der Waals surface area contributed by atoms with Gasteiger partial charge in [0.05, 0.1) is 5.69 Å². The maximum atomic E-state index is 12.2. The molecular weight excluding hydrogens is 363 g/mol. The number of alkyl halides is 3. The summed E-state index contributed by atoms with van der Waals surface area (Å²) in [6.45, 7) is -1.35. The highest BCUT2D eigenvalue weighted by molar-refractivity contribution is 9.10. The van der Waals surface area contributed by atoms with Gasteiger partial charge >= 0.3 is 6.18 Å². The Morgan fingerprint density at radius 3 is 2.27 bits per heavy atom. The van der Waals surface area contributed by atoms with Crippen molar-refractivity contribution >= 4 is 27.0 Å². The summed E-state index contributed by atoms with van der Waals surface area (Å²) in [6, 6.07) is 11.9. The predicted octanol–water partition coefficient (Wildman–Crippen LogP) is 4.12. The number of halogens is 4. The first-order chi connectivity index (χ1) is 10.4. The molecule has 4 nitrogen and oxygen atoms in total. The molecule has 114 valence electrons. The van der Waals surface area contributed by atoms with Gasteiger partial charge in [-0.1, -0.05) is 28.1 Å². The summed E-state index contributed by atoms with van der Waals surface area (Å²) in [4.78, 5) is 1.36. The normalized spacial score (nSPS) is 11.8. The molecule has 0 atom stereocenters. The van der Waals surface area contributed by atoms with E-state index in [2.05, 4.69) is 26.1 Å². The summed E-state index contributed by atoms with van der Waals surface area (Å²) < 4.78 is 42.1. The molecule has 0 aliphatic rings. The predicted molar refractivity (Wildman–Crippen MR) is 78.1 cm³/mol. The highest BCUT2D eigenvalue weighted by Gasteiger charge is 2.28. The fourth-order valence-electron chi connectivity index (χ4n) is 1.89. The lowest BCUT2D eigenvalue weighted by atomic mass is 10.3. The molecule has 0 N–H and O–H groups in total. The molecule has 3 rings (SSSR count). The van der Waals surface area contributed by atoms with Crippen molar-refractivity contribution in [3.8, 4) is 11.4 Å². The summed E-state index contributed by atoms with van der Waals surface area (Å²) in [5, 5.41) is 8.56. The molecule has 2 aromatic carbocycles. The molecule has 0 aliphatic heterocycles. The van der Waals surface area contributed by atoms with Crippen LogP contribution in [0.2, 0.25) is 0 Å². The second-order valence-corrected chi connectivity index (χ2v) is 5.44. The Morgan fingerprint density at radius 2 is 1.68 bits per heavy atom. The minimum atomic E-state index is -4.39. The lowest BCUT2D eigenvalue weighted by Crippen LogP contribution is -2.19. The maximum Gasteiger partial charge on any atom is 0.422 e. The van der Waals surface area contributed by atoms with Crippen LogP contribution in [0.3, 0.4) is 0 Å². The summed E-state index contributed by atoms with van der Waals surface area (Å²) in [7, 11) is 0. The van der Waals surface area contributed by atoms with Crippen LogP contribution in [0, 0.1) is 0 Å². The average molecular weight is 372 g/mol. The lowest BCUT2D eigenvalue weighted by Gasteiger charge is -2.10. The molecule has 1 heterocycles. The number of hydrogen-bond donors (Lipinski definition) is 0. The minimum Gasteiger partial charge on any atom is -0.484 e. The van der Waals surface area contributed by atoms with Gasteiger partial charge in [-0.25, -0.2) is 0 Å². The third-order valence-corrected chi connectivity index (χ3v) is 3.23. The fraction of sp³-hybridized carbons (Fsp3) is 0.143. The molecule has 22 heavy (non-hydrogen) atoms. The summed E-state index contributed by atoms with van der Waals surface area (Å²) in [5.74, 6) is 0.0862. The first-order valence-electron chi connectivity index (χ1n) is 6.23. The van der Waals surface area contributed by atoms with E-state index in [0.717, 1.165) is 0 Å². The maximum absolute atomic E-state index is 12.2. The van der Waals surface area contributed by atoms with Gasteiger partial charge in [0.1, 0.15) is 16.8 Å². The van der Waals surface area contributed by atoms with E-state index >= 15 is 0 Å². The van der Waals surface area contributed by atoms with Crippen molar-refractivity contribution in [1.29, 1.82) is 0 Å². The number of fused-ring (bicyclic) bond motifs is 1. The minimum absolute atomic E-state index is 0.0862. The van der Waals surface area contributed by atoms with E-state index in [1.807, 2.05) is 12.1 Å². The van der Waals surface area contributed by atoms with Gasteiger partial charge in [-0.2, -0.15) is 18.0 Å². The molecule has 0 spiro atoms. The van der Waals surface area contributed by atoms with Crippen molar-refractivity contribution < 1.29 is 17.9 Å². The van der Waals surface area contributed by atoms with Gasteiger partial charge in [0.25, 0.3) is 0 Å². The molecular formula is C14H9BrF3N3O. The first-order valence-corrected chi connectivity index (χ1v) is 7.03. The second kappa shape index (κ2) is 5.60. The van der Waals surface area contributed by atoms with Crippen molar-refractivity contribution in [3.05, 3.63) is 46.9 Å². The number of ether oxygens (including phenoxy) is 1. The van der Waals surface area contributed by atoms with Gasteiger partial charge in [-0.15, -0.1) is 10.2 Å². The summed E-state index contributed by atoms with van der Waals surface area (Å²) >= 11 is 3.24. The molecule has 1 aromatic heterocycles. The number of benzene rings is 2. The van der Waals surface area contributed by atoms with Crippen molar-refractivity contribution in [2.75, 3.05) is 6.61 Å². The Morgan fingerprint density at radius 1 is 1.05 bits per heavy atom. The van der Waals surface area contributed by atoms with Crippen LogP contribution in [-0.4, -0.2) is 27.8 Å².